The molecule has 16 heavy (non-hydrogen) atoms. The molecule has 1 aliphatic rings. The third-order valence-electron chi connectivity index (χ3n) is 3.17. The lowest BCUT2D eigenvalue weighted by molar-refractivity contribution is -0.121. The van der Waals surface area contributed by atoms with E-state index in [-0.39, 0.29) is 11.9 Å². The topological polar surface area (TPSA) is 29.1 Å². The fraction of sp³-hybridized carbons (Fsp3) is 0.500. The van der Waals surface area contributed by atoms with Gasteiger partial charge in [-0.2, -0.15) is 0 Å². The van der Waals surface area contributed by atoms with Gasteiger partial charge in [0.1, 0.15) is 0 Å². The van der Waals surface area contributed by atoms with E-state index in [2.05, 4.69) is 36.5 Å². The van der Waals surface area contributed by atoms with Gasteiger partial charge in [-0.15, -0.1) is 0 Å². The molecule has 1 unspecified atom stereocenters. The molecule has 0 bridgehead atoms. The predicted octanol–water partition coefficient (Wildman–Crippen LogP) is 2.97. The first kappa shape index (κ1) is 11.2. The molecule has 1 amide bonds. The summed E-state index contributed by atoms with van der Waals surface area (Å²) >= 11 is 0. The van der Waals surface area contributed by atoms with Crippen molar-refractivity contribution in [3.05, 3.63) is 35.4 Å². The molecule has 0 saturated heterocycles. The molecule has 2 heteroatoms. The van der Waals surface area contributed by atoms with Gasteiger partial charge in [-0.1, -0.05) is 36.8 Å². The summed E-state index contributed by atoms with van der Waals surface area (Å²) in [6.45, 7) is 3.98. The lowest BCUT2D eigenvalue weighted by atomic mass is 10.0. The maximum absolute atomic E-state index is 11.5. The van der Waals surface area contributed by atoms with E-state index in [1.807, 2.05) is 6.92 Å². The highest BCUT2D eigenvalue weighted by Crippen LogP contribution is 2.41. The Morgan fingerprint density at radius 1 is 1.38 bits per heavy atom. The normalized spacial score (nSPS) is 16.9. The van der Waals surface area contributed by atoms with Crippen molar-refractivity contribution in [1.82, 2.24) is 5.32 Å². The Morgan fingerprint density at radius 3 is 2.50 bits per heavy atom. The fourth-order valence-corrected chi connectivity index (χ4v) is 1.95. The van der Waals surface area contributed by atoms with Gasteiger partial charge in [0.15, 0.2) is 0 Å². The number of aryl methyl sites for hydroxylation is 1. The Hall–Kier alpha value is -1.31. The van der Waals surface area contributed by atoms with Crippen LogP contribution in [-0.4, -0.2) is 5.91 Å². The molecule has 1 aromatic rings. The van der Waals surface area contributed by atoms with Crippen LogP contribution < -0.4 is 5.32 Å². The van der Waals surface area contributed by atoms with Gasteiger partial charge in [-0.3, -0.25) is 4.79 Å². The van der Waals surface area contributed by atoms with Crippen LogP contribution in [0.2, 0.25) is 0 Å². The van der Waals surface area contributed by atoms with Crippen molar-refractivity contribution in [3.63, 3.8) is 0 Å². The monoisotopic (exact) mass is 217 g/mol. The molecule has 0 heterocycles. The number of carbonyl (C=O) groups excluding carboxylic acids is 1. The van der Waals surface area contributed by atoms with Crippen LogP contribution in [0.5, 0.6) is 0 Å². The first-order valence-electron chi connectivity index (χ1n) is 6.06. The van der Waals surface area contributed by atoms with E-state index in [9.17, 15) is 4.79 Å². The van der Waals surface area contributed by atoms with Gasteiger partial charge in [0.05, 0.1) is 6.04 Å². The van der Waals surface area contributed by atoms with Crippen LogP contribution in [0.25, 0.3) is 0 Å². The van der Waals surface area contributed by atoms with Crippen LogP contribution in [0.15, 0.2) is 24.3 Å². The second-order valence-corrected chi connectivity index (χ2v) is 4.65. The van der Waals surface area contributed by atoms with Gasteiger partial charge in [-0.25, -0.2) is 0 Å². The van der Waals surface area contributed by atoms with Gasteiger partial charge in [-0.05, 0) is 31.2 Å². The summed E-state index contributed by atoms with van der Waals surface area (Å²) in [5, 5.41) is 3.13. The third kappa shape index (κ3) is 2.63. The highest BCUT2D eigenvalue weighted by Gasteiger charge is 2.32. The Kier molecular flexibility index (Phi) is 3.28. The second-order valence-electron chi connectivity index (χ2n) is 4.65. The molecular formula is C14H19NO. The minimum absolute atomic E-state index is 0.150. The number of hydrogen-bond donors (Lipinski definition) is 1. The van der Waals surface area contributed by atoms with Crippen molar-refractivity contribution in [2.45, 2.75) is 39.2 Å². The van der Waals surface area contributed by atoms with Crippen LogP contribution in [0.1, 0.15) is 43.4 Å². The van der Waals surface area contributed by atoms with E-state index in [1.165, 1.54) is 24.0 Å². The first-order valence-corrected chi connectivity index (χ1v) is 6.06. The molecule has 0 aliphatic heterocycles. The van der Waals surface area contributed by atoms with E-state index in [0.717, 1.165) is 0 Å². The first-order chi connectivity index (χ1) is 7.70. The molecule has 0 radical (unpaired) electrons. The van der Waals surface area contributed by atoms with Gasteiger partial charge in [0.2, 0.25) is 5.91 Å². The maximum atomic E-state index is 11.5. The predicted molar refractivity (Wildman–Crippen MR) is 65.1 cm³/mol. The SMILES string of the molecule is CCC(=O)NC(c1ccc(C)cc1)C1CC1. The van der Waals surface area contributed by atoms with Crippen molar-refractivity contribution >= 4 is 5.91 Å². The Bertz CT molecular complexity index is 365. The maximum Gasteiger partial charge on any atom is 0.220 e. The molecule has 1 N–H and O–H groups in total. The highest BCUT2D eigenvalue weighted by atomic mass is 16.1. The summed E-state index contributed by atoms with van der Waals surface area (Å²) in [4.78, 5) is 11.5. The standard InChI is InChI=1S/C14H19NO/c1-3-13(16)15-14(12-8-9-12)11-6-4-10(2)5-7-11/h4-7,12,14H,3,8-9H2,1-2H3,(H,15,16). The van der Waals surface area contributed by atoms with Crippen molar-refractivity contribution in [1.29, 1.82) is 0 Å². The molecule has 86 valence electrons. The Balaban J connectivity index is 2.12. The number of nitrogens with one attached hydrogen (secondary N) is 1. The van der Waals surface area contributed by atoms with Crippen molar-refractivity contribution < 1.29 is 4.79 Å². The smallest absolute Gasteiger partial charge is 0.220 e. The van der Waals surface area contributed by atoms with E-state index in [1.54, 1.807) is 0 Å². The van der Waals surface area contributed by atoms with E-state index in [4.69, 9.17) is 0 Å². The average Bonchev–Trinajstić information content (AvgIpc) is 3.11. The summed E-state index contributed by atoms with van der Waals surface area (Å²) in [5.41, 5.74) is 2.51. The molecular weight excluding hydrogens is 198 g/mol. The quantitative estimate of drug-likeness (QED) is 0.825. The number of amides is 1. The zero-order valence-corrected chi connectivity index (χ0v) is 9.99. The molecule has 1 atom stereocenters. The molecule has 2 rings (SSSR count). The van der Waals surface area contributed by atoms with Gasteiger partial charge in [0.25, 0.3) is 0 Å². The number of carbonyl (C=O) groups is 1. The molecule has 0 spiro atoms. The van der Waals surface area contributed by atoms with E-state index >= 15 is 0 Å². The van der Waals surface area contributed by atoms with Gasteiger partial charge >= 0.3 is 0 Å². The molecule has 1 fully saturated rings. The van der Waals surface area contributed by atoms with Crippen LogP contribution >= 0.6 is 0 Å². The average molecular weight is 217 g/mol. The third-order valence-corrected chi connectivity index (χ3v) is 3.17. The molecule has 1 saturated carbocycles. The highest BCUT2D eigenvalue weighted by molar-refractivity contribution is 5.76. The molecule has 1 aromatic carbocycles. The lowest BCUT2D eigenvalue weighted by Gasteiger charge is -2.18. The zero-order chi connectivity index (χ0) is 11.5. The van der Waals surface area contributed by atoms with Crippen molar-refractivity contribution in [2.75, 3.05) is 0 Å². The van der Waals surface area contributed by atoms with Crippen LogP contribution in [0, 0.1) is 12.8 Å². The van der Waals surface area contributed by atoms with Crippen LogP contribution in [-0.2, 0) is 4.79 Å². The molecule has 1 aliphatic carbocycles. The van der Waals surface area contributed by atoms with Crippen molar-refractivity contribution in [2.24, 2.45) is 5.92 Å². The minimum Gasteiger partial charge on any atom is -0.349 e. The number of benzene rings is 1. The molecule has 2 nitrogen and oxygen atoms in total. The summed E-state index contributed by atoms with van der Waals surface area (Å²) in [5.74, 6) is 0.802. The lowest BCUT2D eigenvalue weighted by Crippen LogP contribution is -2.29. The summed E-state index contributed by atoms with van der Waals surface area (Å²) in [7, 11) is 0. The Labute approximate surface area is 97.1 Å². The second kappa shape index (κ2) is 4.69. The Morgan fingerprint density at radius 2 is 2.00 bits per heavy atom. The molecule has 0 aromatic heterocycles. The number of hydrogen-bond acceptors (Lipinski definition) is 1. The van der Waals surface area contributed by atoms with Crippen LogP contribution in [0.3, 0.4) is 0 Å². The number of rotatable bonds is 4. The largest absolute Gasteiger partial charge is 0.349 e. The minimum atomic E-state index is 0.150. The zero-order valence-electron chi connectivity index (χ0n) is 9.99. The van der Waals surface area contributed by atoms with E-state index < -0.39 is 0 Å². The van der Waals surface area contributed by atoms with Crippen molar-refractivity contribution in [3.8, 4) is 0 Å². The summed E-state index contributed by atoms with van der Waals surface area (Å²) in [6, 6.07) is 8.72. The summed E-state index contributed by atoms with van der Waals surface area (Å²) < 4.78 is 0. The van der Waals surface area contributed by atoms with E-state index in [0.29, 0.717) is 12.3 Å². The van der Waals surface area contributed by atoms with Gasteiger partial charge < -0.3 is 5.32 Å². The summed E-state index contributed by atoms with van der Waals surface area (Å²) in [6.07, 6.45) is 3.04. The van der Waals surface area contributed by atoms with Crippen LogP contribution in [0.4, 0.5) is 0 Å². The van der Waals surface area contributed by atoms with Gasteiger partial charge in [0, 0.05) is 6.42 Å². The fourth-order valence-electron chi connectivity index (χ4n) is 1.95.